The van der Waals surface area contributed by atoms with Crippen molar-refractivity contribution in [2.75, 3.05) is 25.6 Å². The molecule has 26 heavy (non-hydrogen) atoms. The Morgan fingerprint density at radius 1 is 1.27 bits per heavy atom. The number of hydrogen-bond acceptors (Lipinski definition) is 5. The third kappa shape index (κ3) is 3.82. The quantitative estimate of drug-likeness (QED) is 0.759. The zero-order valence-electron chi connectivity index (χ0n) is 15.8. The molecule has 0 saturated carbocycles. The van der Waals surface area contributed by atoms with Gasteiger partial charge in [0.1, 0.15) is 11.3 Å². The highest BCUT2D eigenvalue weighted by atomic mass is 32.2. The van der Waals surface area contributed by atoms with Gasteiger partial charge in [-0.05, 0) is 45.4 Å². The summed E-state index contributed by atoms with van der Waals surface area (Å²) in [7, 11) is -2.01. The van der Waals surface area contributed by atoms with Crippen LogP contribution in [0.5, 0.6) is 0 Å². The number of rotatable bonds is 6. The Bertz CT molecular complexity index is 807. The normalized spacial score (nSPS) is 16.8. The van der Waals surface area contributed by atoms with Gasteiger partial charge < -0.3 is 10.1 Å². The van der Waals surface area contributed by atoms with Gasteiger partial charge in [0.15, 0.2) is 0 Å². The van der Waals surface area contributed by atoms with Crippen LogP contribution in [0.1, 0.15) is 39.7 Å². The molecule has 1 fully saturated rings. The molecule has 0 unspecified atom stereocenters. The van der Waals surface area contributed by atoms with E-state index >= 15 is 0 Å². The van der Waals surface area contributed by atoms with E-state index in [1.807, 2.05) is 6.07 Å². The molecule has 0 aliphatic carbocycles. The van der Waals surface area contributed by atoms with Gasteiger partial charge in [-0.15, -0.1) is 0 Å². The van der Waals surface area contributed by atoms with Gasteiger partial charge in [0.05, 0.1) is 24.4 Å². The molecule has 0 bridgehead atoms. The first kappa shape index (κ1) is 20.5. The van der Waals surface area contributed by atoms with Gasteiger partial charge in [0.25, 0.3) is 0 Å². The van der Waals surface area contributed by atoms with Crippen LogP contribution in [-0.2, 0) is 29.9 Å². The lowest BCUT2D eigenvalue weighted by Gasteiger charge is -2.49. The van der Waals surface area contributed by atoms with Gasteiger partial charge in [0, 0.05) is 12.7 Å². The molecule has 2 rings (SSSR count). The summed E-state index contributed by atoms with van der Waals surface area (Å²) < 4.78 is 31.6. The van der Waals surface area contributed by atoms with Crippen molar-refractivity contribution in [3.05, 3.63) is 29.8 Å². The largest absolute Gasteiger partial charge is 0.377 e. The molecule has 1 aromatic carbocycles. The standard InChI is InChI=1S/C18H26N2O5S/c1-13(21)9-16(22)19-15-8-6-7-14(10-15)18(11-25-12-18)20(5)26(23,24)17(2,3)4/h6-8,10H,9,11-12H2,1-5H3,(H,19,22). The van der Waals surface area contributed by atoms with Crippen LogP contribution in [-0.4, -0.2) is 49.4 Å². The second-order valence-corrected chi connectivity index (χ2v) is 10.3. The maximum absolute atomic E-state index is 12.9. The maximum atomic E-state index is 12.9. The van der Waals surface area contributed by atoms with E-state index in [9.17, 15) is 18.0 Å². The van der Waals surface area contributed by atoms with Crippen molar-refractivity contribution in [1.29, 1.82) is 0 Å². The number of amides is 1. The van der Waals surface area contributed by atoms with Gasteiger partial charge in [-0.2, -0.15) is 4.31 Å². The summed E-state index contributed by atoms with van der Waals surface area (Å²) in [5, 5.41) is 2.67. The number of hydrogen-bond donors (Lipinski definition) is 1. The lowest BCUT2D eigenvalue weighted by atomic mass is 9.88. The number of nitrogens with zero attached hydrogens (tertiary/aromatic N) is 1. The van der Waals surface area contributed by atoms with Crippen molar-refractivity contribution in [2.24, 2.45) is 0 Å². The molecule has 1 N–H and O–H groups in total. The number of benzene rings is 1. The summed E-state index contributed by atoms with van der Waals surface area (Å²) in [5.74, 6) is -0.622. The lowest BCUT2D eigenvalue weighted by Crippen LogP contribution is -2.62. The average Bonchev–Trinajstić information content (AvgIpc) is 2.44. The third-order valence-corrected chi connectivity index (χ3v) is 7.13. The number of carbonyl (C=O) groups excluding carboxylic acids is 2. The fourth-order valence-electron chi connectivity index (χ4n) is 2.78. The molecule has 1 heterocycles. The van der Waals surface area contributed by atoms with E-state index < -0.39 is 26.2 Å². The molecule has 1 aliphatic heterocycles. The molecule has 0 radical (unpaired) electrons. The Hall–Kier alpha value is -1.77. The number of anilines is 1. The van der Waals surface area contributed by atoms with Crippen molar-refractivity contribution in [2.45, 2.75) is 44.4 Å². The second kappa shape index (κ2) is 7.09. The van der Waals surface area contributed by atoms with Gasteiger partial charge >= 0.3 is 0 Å². The number of likely N-dealkylation sites (N-methyl/N-ethyl adjacent to an activating group) is 1. The Kier molecular flexibility index (Phi) is 5.60. The summed E-state index contributed by atoms with van der Waals surface area (Å²) in [6, 6.07) is 7.00. The molecular weight excluding hydrogens is 356 g/mol. The summed E-state index contributed by atoms with van der Waals surface area (Å²) in [4.78, 5) is 22.9. The number of Topliss-reactive ketones (excluding diaryl/α,β-unsaturated/α-hetero) is 1. The van der Waals surface area contributed by atoms with E-state index in [1.54, 1.807) is 46.0 Å². The van der Waals surface area contributed by atoms with E-state index in [2.05, 4.69) is 5.32 Å². The molecule has 7 nitrogen and oxygen atoms in total. The molecule has 1 amide bonds. The lowest BCUT2D eigenvalue weighted by molar-refractivity contribution is -0.124. The van der Waals surface area contributed by atoms with Crippen LogP contribution in [0.3, 0.4) is 0 Å². The van der Waals surface area contributed by atoms with E-state index in [1.165, 1.54) is 11.2 Å². The molecule has 1 aliphatic rings. The van der Waals surface area contributed by atoms with Crippen LogP contribution in [0, 0.1) is 0 Å². The first-order valence-corrected chi connectivity index (χ1v) is 9.80. The fourth-order valence-corrected chi connectivity index (χ4v) is 4.28. The summed E-state index contributed by atoms with van der Waals surface area (Å²) in [5.41, 5.74) is 0.439. The molecule has 0 atom stereocenters. The fraction of sp³-hybridized carbons (Fsp3) is 0.556. The van der Waals surface area contributed by atoms with Crippen LogP contribution < -0.4 is 5.32 Å². The smallest absolute Gasteiger partial charge is 0.231 e. The van der Waals surface area contributed by atoms with E-state index in [0.717, 1.165) is 5.56 Å². The highest BCUT2D eigenvalue weighted by Crippen LogP contribution is 2.40. The van der Waals surface area contributed by atoms with Gasteiger partial charge in [-0.25, -0.2) is 8.42 Å². The molecule has 0 aromatic heterocycles. The first-order valence-electron chi connectivity index (χ1n) is 8.36. The molecule has 1 aromatic rings. The summed E-state index contributed by atoms with van der Waals surface area (Å²) in [6.07, 6.45) is -0.198. The van der Waals surface area contributed by atoms with E-state index in [4.69, 9.17) is 4.74 Å². The van der Waals surface area contributed by atoms with Gasteiger partial charge in [-0.1, -0.05) is 12.1 Å². The third-order valence-electron chi connectivity index (χ3n) is 4.51. The minimum absolute atomic E-state index is 0.198. The second-order valence-electron chi connectivity index (χ2n) is 7.62. The zero-order valence-corrected chi connectivity index (χ0v) is 16.6. The minimum Gasteiger partial charge on any atom is -0.377 e. The number of nitrogens with one attached hydrogen (secondary N) is 1. The Balaban J connectivity index is 2.35. The van der Waals surface area contributed by atoms with Crippen LogP contribution in [0.4, 0.5) is 5.69 Å². The van der Waals surface area contributed by atoms with Gasteiger partial charge in [-0.3, -0.25) is 9.59 Å². The first-order chi connectivity index (χ1) is 11.9. The van der Waals surface area contributed by atoms with Crippen molar-refractivity contribution in [1.82, 2.24) is 4.31 Å². The molecule has 0 spiro atoms. The highest BCUT2D eigenvalue weighted by Gasteiger charge is 2.51. The zero-order chi connectivity index (χ0) is 19.8. The number of carbonyl (C=O) groups is 2. The van der Waals surface area contributed by atoms with Gasteiger partial charge in [0.2, 0.25) is 15.9 Å². The van der Waals surface area contributed by atoms with Crippen molar-refractivity contribution in [3.8, 4) is 0 Å². The van der Waals surface area contributed by atoms with Crippen LogP contribution in [0.15, 0.2) is 24.3 Å². The minimum atomic E-state index is -3.57. The maximum Gasteiger partial charge on any atom is 0.231 e. The van der Waals surface area contributed by atoms with Crippen LogP contribution in [0.25, 0.3) is 0 Å². The Morgan fingerprint density at radius 3 is 2.35 bits per heavy atom. The van der Waals surface area contributed by atoms with Crippen molar-refractivity contribution < 1.29 is 22.7 Å². The number of sulfonamides is 1. The molecule has 1 saturated heterocycles. The van der Waals surface area contributed by atoms with E-state index in [0.29, 0.717) is 5.69 Å². The van der Waals surface area contributed by atoms with Crippen molar-refractivity contribution in [3.63, 3.8) is 0 Å². The molecular formula is C18H26N2O5S. The summed E-state index contributed by atoms with van der Waals surface area (Å²) >= 11 is 0. The van der Waals surface area contributed by atoms with E-state index in [-0.39, 0.29) is 25.4 Å². The summed E-state index contributed by atoms with van der Waals surface area (Å²) in [6.45, 7) is 6.80. The van der Waals surface area contributed by atoms with Crippen LogP contribution >= 0.6 is 0 Å². The predicted molar refractivity (Wildman–Crippen MR) is 99.3 cm³/mol. The molecule has 8 heteroatoms. The average molecular weight is 382 g/mol. The topological polar surface area (TPSA) is 92.8 Å². The Labute approximate surface area is 154 Å². The predicted octanol–water partition coefficient (Wildman–Crippen LogP) is 1.89. The highest BCUT2D eigenvalue weighted by molar-refractivity contribution is 7.90. The molecule has 144 valence electrons. The Morgan fingerprint density at radius 2 is 1.88 bits per heavy atom. The monoisotopic (exact) mass is 382 g/mol. The number of ether oxygens (including phenoxy) is 1. The van der Waals surface area contributed by atoms with Crippen molar-refractivity contribution >= 4 is 27.4 Å². The SMILES string of the molecule is CC(=O)CC(=O)Nc1cccc(C2(N(C)S(=O)(=O)C(C)(C)C)COC2)c1. The van der Waals surface area contributed by atoms with Crippen LogP contribution in [0.2, 0.25) is 0 Å². The number of ketones is 1.